The number of anilines is 3. The molecule has 41 heavy (non-hydrogen) atoms. The lowest BCUT2D eigenvalue weighted by molar-refractivity contribution is -0.122. The molecule has 5 rings (SSSR count). The third kappa shape index (κ3) is 5.85. The van der Waals surface area contributed by atoms with E-state index >= 15 is 0 Å². The first-order valence-electron chi connectivity index (χ1n) is 13.8. The van der Waals surface area contributed by atoms with Gasteiger partial charge in [-0.05, 0) is 50.5 Å². The van der Waals surface area contributed by atoms with Crippen LogP contribution in [0.1, 0.15) is 58.4 Å². The molecule has 0 spiro atoms. The number of urea groups is 1. The summed E-state index contributed by atoms with van der Waals surface area (Å²) in [7, 11) is 0. The standard InChI is InChI=1S/C27H34ClF2N9O2/c1-13(2)22-19(4-3-9-38(22)25(32)41)34-26-33-12-20-24(37-26)39(16-7-5-14(6-8-16)23(31)40)27(35-20)36-21-17(28)10-15(29)11-18(21)30/h10-14,16,19,22H,3-9H2,1-2H3,(H2,31,40)(H2,32,41)(H,35,36)(H,33,34,37). The van der Waals surface area contributed by atoms with Gasteiger partial charge in [0, 0.05) is 30.6 Å². The van der Waals surface area contributed by atoms with Crippen LogP contribution in [0.15, 0.2) is 18.3 Å². The Balaban J connectivity index is 1.52. The van der Waals surface area contributed by atoms with Crippen LogP contribution in [0.3, 0.4) is 0 Å². The average Bonchev–Trinajstić information content (AvgIpc) is 3.27. The van der Waals surface area contributed by atoms with Gasteiger partial charge in [0.05, 0.1) is 22.9 Å². The summed E-state index contributed by atoms with van der Waals surface area (Å²) < 4.78 is 30.3. The van der Waals surface area contributed by atoms with Gasteiger partial charge in [-0.25, -0.2) is 23.5 Å². The number of likely N-dealkylation sites (tertiary alicyclic amines) is 1. The highest BCUT2D eigenvalue weighted by atomic mass is 35.5. The van der Waals surface area contributed by atoms with Gasteiger partial charge in [-0.2, -0.15) is 4.98 Å². The van der Waals surface area contributed by atoms with Crippen LogP contribution in [-0.2, 0) is 4.79 Å². The van der Waals surface area contributed by atoms with Gasteiger partial charge in [-0.15, -0.1) is 0 Å². The van der Waals surface area contributed by atoms with Crippen LogP contribution < -0.4 is 22.1 Å². The summed E-state index contributed by atoms with van der Waals surface area (Å²) >= 11 is 6.18. The van der Waals surface area contributed by atoms with Gasteiger partial charge in [0.25, 0.3) is 0 Å². The van der Waals surface area contributed by atoms with E-state index in [2.05, 4.69) is 20.6 Å². The number of amides is 3. The smallest absolute Gasteiger partial charge is 0.315 e. The van der Waals surface area contributed by atoms with E-state index in [-0.39, 0.29) is 52.5 Å². The number of hydrogen-bond acceptors (Lipinski definition) is 7. The number of nitrogens with zero attached hydrogens (tertiary/aromatic N) is 5. The fourth-order valence-electron chi connectivity index (χ4n) is 6.21. The number of benzene rings is 1. The Morgan fingerprint density at radius 1 is 1.10 bits per heavy atom. The van der Waals surface area contributed by atoms with Crippen LogP contribution in [0.25, 0.3) is 11.2 Å². The summed E-state index contributed by atoms with van der Waals surface area (Å²) in [5.74, 6) is -1.46. The van der Waals surface area contributed by atoms with Gasteiger partial charge in [-0.1, -0.05) is 25.4 Å². The van der Waals surface area contributed by atoms with Crippen LogP contribution in [0.5, 0.6) is 0 Å². The number of hydrogen-bond donors (Lipinski definition) is 4. The van der Waals surface area contributed by atoms with E-state index < -0.39 is 17.7 Å². The van der Waals surface area contributed by atoms with E-state index in [4.69, 9.17) is 28.1 Å². The Morgan fingerprint density at radius 2 is 1.83 bits per heavy atom. The van der Waals surface area contributed by atoms with E-state index in [1.165, 1.54) is 0 Å². The second-order valence-electron chi connectivity index (χ2n) is 11.1. The van der Waals surface area contributed by atoms with E-state index in [0.717, 1.165) is 25.0 Å². The van der Waals surface area contributed by atoms with E-state index in [1.54, 1.807) is 11.1 Å². The minimum absolute atomic E-state index is 0.115. The van der Waals surface area contributed by atoms with Gasteiger partial charge in [0.2, 0.25) is 17.8 Å². The minimum atomic E-state index is -0.865. The monoisotopic (exact) mass is 589 g/mol. The van der Waals surface area contributed by atoms with Gasteiger partial charge in [0.1, 0.15) is 11.3 Å². The third-order valence-electron chi connectivity index (χ3n) is 8.11. The number of primary amides is 2. The zero-order chi connectivity index (χ0) is 29.4. The molecule has 0 radical (unpaired) electrons. The highest BCUT2D eigenvalue weighted by Gasteiger charge is 2.36. The minimum Gasteiger partial charge on any atom is -0.369 e. The van der Waals surface area contributed by atoms with Crippen LogP contribution in [0, 0.1) is 23.5 Å². The predicted molar refractivity (Wildman–Crippen MR) is 152 cm³/mol. The van der Waals surface area contributed by atoms with Gasteiger partial charge in [-0.3, -0.25) is 9.36 Å². The highest BCUT2D eigenvalue weighted by Crippen LogP contribution is 2.38. The second-order valence-corrected chi connectivity index (χ2v) is 11.6. The molecule has 1 saturated heterocycles. The molecule has 2 unspecified atom stereocenters. The van der Waals surface area contributed by atoms with Crippen LogP contribution in [0.4, 0.5) is 31.2 Å². The van der Waals surface area contributed by atoms with Crippen molar-refractivity contribution in [2.24, 2.45) is 23.3 Å². The zero-order valence-corrected chi connectivity index (χ0v) is 23.7. The SMILES string of the molecule is CC(C)C1C(Nc2ncc3nc(Nc4c(F)cc(F)cc4Cl)n(C4CCC(C(N)=O)CC4)c3n2)CCCN1C(N)=O. The third-order valence-corrected chi connectivity index (χ3v) is 8.41. The summed E-state index contributed by atoms with van der Waals surface area (Å²) in [6.45, 7) is 4.67. The molecule has 0 bridgehead atoms. The van der Waals surface area contributed by atoms with Crippen molar-refractivity contribution in [2.75, 3.05) is 17.2 Å². The molecule has 14 heteroatoms. The number of carbonyl (C=O) groups excluding carboxylic acids is 2. The number of nitrogens with two attached hydrogens (primary N) is 2. The van der Waals surface area contributed by atoms with Crippen molar-refractivity contribution in [1.29, 1.82) is 0 Å². The van der Waals surface area contributed by atoms with Crippen molar-refractivity contribution >= 4 is 52.3 Å². The van der Waals surface area contributed by atoms with Crippen molar-refractivity contribution in [3.05, 3.63) is 35.0 Å². The maximum Gasteiger partial charge on any atom is 0.315 e. The summed E-state index contributed by atoms with van der Waals surface area (Å²) in [5, 5.41) is 6.21. The van der Waals surface area contributed by atoms with Crippen LogP contribution >= 0.6 is 11.6 Å². The zero-order valence-electron chi connectivity index (χ0n) is 22.9. The average molecular weight is 590 g/mol. The Morgan fingerprint density at radius 3 is 2.46 bits per heavy atom. The Hall–Kier alpha value is -3.74. The molecule has 2 aromatic heterocycles. The van der Waals surface area contributed by atoms with Crippen LogP contribution in [0.2, 0.25) is 5.02 Å². The first kappa shape index (κ1) is 28.8. The molecule has 1 saturated carbocycles. The quantitative estimate of drug-likeness (QED) is 0.311. The van der Waals surface area contributed by atoms with E-state index in [9.17, 15) is 18.4 Å². The molecular weight excluding hydrogens is 556 g/mol. The lowest BCUT2D eigenvalue weighted by Gasteiger charge is -2.43. The molecule has 1 aliphatic heterocycles. The molecule has 2 fully saturated rings. The first-order chi connectivity index (χ1) is 19.5. The number of fused-ring (bicyclic) bond motifs is 1. The van der Waals surface area contributed by atoms with E-state index in [0.29, 0.717) is 49.3 Å². The van der Waals surface area contributed by atoms with Crippen molar-refractivity contribution in [3.63, 3.8) is 0 Å². The summed E-state index contributed by atoms with van der Waals surface area (Å²) in [6, 6.07) is 0.900. The van der Waals surface area contributed by atoms with Crippen LogP contribution in [-0.4, -0.2) is 55.0 Å². The fourth-order valence-corrected chi connectivity index (χ4v) is 6.45. The number of piperidine rings is 1. The fraction of sp³-hybridized carbons (Fsp3) is 0.519. The lowest BCUT2D eigenvalue weighted by atomic mass is 9.85. The Labute approximate surface area is 241 Å². The lowest BCUT2D eigenvalue weighted by Crippen LogP contribution is -2.57. The Kier molecular flexibility index (Phi) is 8.16. The molecule has 6 N–H and O–H groups in total. The molecular formula is C27H34ClF2N9O2. The van der Waals surface area contributed by atoms with E-state index in [1.807, 2.05) is 18.4 Å². The molecule has 3 amide bonds. The van der Waals surface area contributed by atoms with Crippen molar-refractivity contribution < 1.29 is 18.4 Å². The largest absolute Gasteiger partial charge is 0.369 e. The normalized spacial score (nSPS) is 23.1. The maximum absolute atomic E-state index is 14.7. The highest BCUT2D eigenvalue weighted by molar-refractivity contribution is 6.33. The summed E-state index contributed by atoms with van der Waals surface area (Å²) in [4.78, 5) is 39.5. The van der Waals surface area contributed by atoms with Crippen molar-refractivity contribution in [2.45, 2.75) is 70.5 Å². The molecule has 1 aliphatic carbocycles. The molecule has 3 heterocycles. The molecule has 1 aromatic carbocycles. The van der Waals surface area contributed by atoms with Crippen molar-refractivity contribution in [1.82, 2.24) is 24.4 Å². The second kappa shape index (κ2) is 11.6. The number of rotatable bonds is 7. The molecule has 2 atom stereocenters. The number of halogens is 3. The maximum atomic E-state index is 14.7. The Bertz CT molecular complexity index is 1440. The summed E-state index contributed by atoms with van der Waals surface area (Å²) in [5.41, 5.74) is 12.1. The predicted octanol–water partition coefficient (Wildman–Crippen LogP) is 4.70. The molecule has 220 valence electrons. The number of aromatic nitrogens is 4. The number of carbonyl (C=O) groups is 2. The molecule has 2 aliphatic rings. The number of nitrogens with one attached hydrogen (secondary N) is 2. The van der Waals surface area contributed by atoms with Gasteiger partial charge in [0.15, 0.2) is 11.5 Å². The number of imidazole rings is 1. The molecule has 3 aromatic rings. The van der Waals surface area contributed by atoms with Crippen molar-refractivity contribution in [3.8, 4) is 0 Å². The summed E-state index contributed by atoms with van der Waals surface area (Å²) in [6.07, 6.45) is 5.56. The van der Waals surface area contributed by atoms with Gasteiger partial charge >= 0.3 is 6.03 Å². The topological polar surface area (TPSA) is 157 Å². The first-order valence-corrected chi connectivity index (χ1v) is 14.2. The van der Waals surface area contributed by atoms with Gasteiger partial charge < -0.3 is 27.0 Å². The molecule has 11 nitrogen and oxygen atoms in total.